The SMILES string of the molecule is [CH-]1CN1.[Li+]. The first-order valence-corrected chi connectivity index (χ1v) is 1.05. The molecule has 0 amide bonds. The Morgan fingerprint density at radius 3 is 2.00 bits per heavy atom. The first-order chi connectivity index (χ1) is 1.50. The quantitative estimate of drug-likeness (QED) is 0.174. The van der Waals surface area contributed by atoms with Gasteiger partial charge in [0.15, 0.2) is 0 Å². The van der Waals surface area contributed by atoms with E-state index in [0.717, 1.165) is 6.54 Å². The first-order valence-electron chi connectivity index (χ1n) is 1.05. The molecule has 0 radical (unpaired) electrons. The van der Waals surface area contributed by atoms with Crippen molar-refractivity contribution < 1.29 is 18.9 Å². The number of nitrogens with one attached hydrogen (secondary N) is 1. The monoisotopic (exact) mass is 49.1 g/mol. The molecule has 0 saturated carbocycles. The van der Waals surface area contributed by atoms with E-state index in [2.05, 4.69) is 5.32 Å². The summed E-state index contributed by atoms with van der Waals surface area (Å²) in [6, 6.07) is 0. The van der Waals surface area contributed by atoms with Gasteiger partial charge in [-0.15, -0.1) is 6.54 Å². The van der Waals surface area contributed by atoms with Crippen molar-refractivity contribution in [3.63, 3.8) is 0 Å². The standard InChI is InChI=1S/C2H4N.Li/c1-2-3-1;/h1,3H,2H2;/q-1;+1. The van der Waals surface area contributed by atoms with Crippen molar-refractivity contribution >= 4 is 0 Å². The zero-order valence-electron chi connectivity index (χ0n) is 2.78. The molecule has 0 spiro atoms. The third-order valence-electron chi connectivity index (χ3n) is 0.204. The number of hydrogen-bond donors (Lipinski definition) is 1. The van der Waals surface area contributed by atoms with Crippen LogP contribution in [0, 0.1) is 6.54 Å². The molecular weight excluding hydrogens is 45.0 g/mol. The Morgan fingerprint density at radius 2 is 2.00 bits per heavy atom. The van der Waals surface area contributed by atoms with Crippen LogP contribution < -0.4 is 24.2 Å². The van der Waals surface area contributed by atoms with Crippen molar-refractivity contribution in [1.82, 2.24) is 5.32 Å². The van der Waals surface area contributed by atoms with Crippen LogP contribution in [0.4, 0.5) is 0 Å². The molecule has 1 fully saturated rings. The summed E-state index contributed by atoms with van der Waals surface area (Å²) >= 11 is 0. The van der Waals surface area contributed by atoms with Crippen LogP contribution >= 0.6 is 0 Å². The fourth-order valence-corrected chi connectivity index (χ4v) is 0. The Labute approximate surface area is 37.9 Å². The maximum atomic E-state index is 2.88. The molecule has 1 N–H and O–H groups in total. The smallest absolute Gasteiger partial charge is 0.493 e. The minimum Gasteiger partial charge on any atom is -0.493 e. The molecular formula is C2H4LiN. The third-order valence-corrected chi connectivity index (χ3v) is 0.204. The average Bonchev–Trinajstić information content (AvgIpc) is 1.46. The second-order valence-corrected chi connectivity index (χ2v) is 0.612. The Hall–Kier alpha value is 0.557. The molecule has 1 heterocycles. The first kappa shape index (κ1) is 4.56. The van der Waals surface area contributed by atoms with E-state index in [-0.39, 0.29) is 18.9 Å². The van der Waals surface area contributed by atoms with Gasteiger partial charge in [0.25, 0.3) is 0 Å². The largest absolute Gasteiger partial charge is 1.00 e. The summed E-state index contributed by atoms with van der Waals surface area (Å²) in [4.78, 5) is 0. The van der Waals surface area contributed by atoms with Gasteiger partial charge in [-0.05, 0) is 0 Å². The second kappa shape index (κ2) is 1.84. The van der Waals surface area contributed by atoms with Gasteiger partial charge in [-0.2, -0.15) is 0 Å². The molecule has 4 heavy (non-hydrogen) atoms. The summed E-state index contributed by atoms with van der Waals surface area (Å²) in [6.45, 7) is 3.12. The molecule has 0 aromatic rings. The molecule has 0 aromatic heterocycles. The molecule has 1 nitrogen and oxygen atoms in total. The maximum absolute atomic E-state index is 2.88. The van der Waals surface area contributed by atoms with E-state index in [1.165, 1.54) is 0 Å². The molecule has 2 heteroatoms. The predicted octanol–water partition coefficient (Wildman–Crippen LogP) is -3.24. The van der Waals surface area contributed by atoms with Crippen molar-refractivity contribution in [3.05, 3.63) is 6.54 Å². The molecule has 0 atom stereocenters. The predicted molar refractivity (Wildman–Crippen MR) is 12.3 cm³/mol. The molecule has 0 bridgehead atoms. The van der Waals surface area contributed by atoms with Gasteiger partial charge in [0.1, 0.15) is 0 Å². The maximum Gasteiger partial charge on any atom is 1.00 e. The van der Waals surface area contributed by atoms with Gasteiger partial charge in [-0.1, -0.05) is 0 Å². The zero-order valence-corrected chi connectivity index (χ0v) is 2.78. The van der Waals surface area contributed by atoms with Crippen LogP contribution in [-0.4, -0.2) is 6.54 Å². The molecule has 0 aliphatic carbocycles. The number of rotatable bonds is 0. The Morgan fingerprint density at radius 1 is 1.75 bits per heavy atom. The molecule has 0 aromatic carbocycles. The Bertz CT molecular complexity index is 10.8. The van der Waals surface area contributed by atoms with Gasteiger partial charge in [-0.25, -0.2) is 0 Å². The van der Waals surface area contributed by atoms with Gasteiger partial charge in [0.2, 0.25) is 0 Å². The number of hydrogen-bond acceptors (Lipinski definition) is 1. The van der Waals surface area contributed by atoms with E-state index in [9.17, 15) is 0 Å². The molecule has 18 valence electrons. The van der Waals surface area contributed by atoms with Crippen LogP contribution in [0.5, 0.6) is 0 Å². The van der Waals surface area contributed by atoms with E-state index in [0.29, 0.717) is 0 Å². The van der Waals surface area contributed by atoms with E-state index >= 15 is 0 Å². The topological polar surface area (TPSA) is 21.9 Å². The molecule has 1 aliphatic heterocycles. The van der Waals surface area contributed by atoms with Crippen LogP contribution in [0.15, 0.2) is 0 Å². The minimum absolute atomic E-state index is 0. The van der Waals surface area contributed by atoms with Gasteiger partial charge in [-0.3, -0.25) is 6.54 Å². The van der Waals surface area contributed by atoms with Crippen molar-refractivity contribution in [2.24, 2.45) is 0 Å². The van der Waals surface area contributed by atoms with Crippen LogP contribution in [0.25, 0.3) is 0 Å². The Balaban J connectivity index is 0.0000000900. The molecule has 1 aliphatic rings. The second-order valence-electron chi connectivity index (χ2n) is 0.612. The van der Waals surface area contributed by atoms with Crippen molar-refractivity contribution in [2.45, 2.75) is 0 Å². The summed E-state index contributed by atoms with van der Waals surface area (Å²) in [5, 5.41) is 2.88. The Kier molecular flexibility index (Phi) is 2.09. The summed E-state index contributed by atoms with van der Waals surface area (Å²) < 4.78 is 0. The summed E-state index contributed by atoms with van der Waals surface area (Å²) in [6.07, 6.45) is 0. The van der Waals surface area contributed by atoms with E-state index in [1.54, 1.807) is 0 Å². The van der Waals surface area contributed by atoms with Gasteiger partial charge in [0, 0.05) is 0 Å². The van der Waals surface area contributed by atoms with Gasteiger partial charge >= 0.3 is 18.9 Å². The molecule has 1 saturated heterocycles. The zero-order chi connectivity index (χ0) is 2.12. The van der Waals surface area contributed by atoms with E-state index in [1.807, 2.05) is 6.54 Å². The van der Waals surface area contributed by atoms with Crippen LogP contribution in [0.2, 0.25) is 0 Å². The average molecular weight is 49.0 g/mol. The minimum atomic E-state index is 0. The van der Waals surface area contributed by atoms with Crippen molar-refractivity contribution in [1.29, 1.82) is 0 Å². The molecule has 0 unspecified atom stereocenters. The van der Waals surface area contributed by atoms with Crippen LogP contribution in [0.3, 0.4) is 0 Å². The van der Waals surface area contributed by atoms with Crippen molar-refractivity contribution in [2.75, 3.05) is 6.54 Å². The normalized spacial score (nSPS) is 18.0. The molecule has 1 rings (SSSR count). The van der Waals surface area contributed by atoms with Crippen LogP contribution in [-0.2, 0) is 0 Å². The summed E-state index contributed by atoms with van der Waals surface area (Å²) in [5.41, 5.74) is 0. The summed E-state index contributed by atoms with van der Waals surface area (Å²) in [5.74, 6) is 0. The van der Waals surface area contributed by atoms with E-state index < -0.39 is 0 Å². The summed E-state index contributed by atoms with van der Waals surface area (Å²) in [7, 11) is 0. The fraction of sp³-hybridized carbons (Fsp3) is 0.500. The van der Waals surface area contributed by atoms with E-state index in [4.69, 9.17) is 0 Å². The third kappa shape index (κ3) is 2.56. The van der Waals surface area contributed by atoms with Crippen LogP contribution in [0.1, 0.15) is 0 Å². The fourth-order valence-electron chi connectivity index (χ4n) is 0. The van der Waals surface area contributed by atoms with Gasteiger partial charge < -0.3 is 5.32 Å². The van der Waals surface area contributed by atoms with Gasteiger partial charge in [0.05, 0.1) is 0 Å². The van der Waals surface area contributed by atoms with Crippen molar-refractivity contribution in [3.8, 4) is 0 Å².